The molecule has 1 N–H and O–H groups in total. The summed E-state index contributed by atoms with van der Waals surface area (Å²) in [5.41, 5.74) is 2.11. The molecular formula is C12H17NO2. The van der Waals surface area contributed by atoms with Gasteiger partial charge in [0.25, 0.3) is 0 Å². The molecule has 0 bridgehead atoms. The van der Waals surface area contributed by atoms with Crippen LogP contribution in [0.5, 0.6) is 0 Å². The molecule has 1 saturated carbocycles. The average molecular weight is 207 g/mol. The van der Waals surface area contributed by atoms with Crippen LogP contribution in [0.15, 0.2) is 16.9 Å². The van der Waals surface area contributed by atoms with E-state index in [1.807, 2.05) is 13.8 Å². The Morgan fingerprint density at radius 1 is 1.33 bits per heavy atom. The van der Waals surface area contributed by atoms with Gasteiger partial charge in [0.05, 0.1) is 6.10 Å². The first-order valence-electron chi connectivity index (χ1n) is 5.42. The average Bonchev–Trinajstić information content (AvgIpc) is 2.07. The minimum Gasteiger partial charge on any atom is -0.393 e. The molecule has 15 heavy (non-hydrogen) atoms. The summed E-state index contributed by atoms with van der Waals surface area (Å²) in [4.78, 5) is 11.2. The first-order valence-corrected chi connectivity index (χ1v) is 5.42. The molecule has 1 aromatic rings. The van der Waals surface area contributed by atoms with E-state index in [0.29, 0.717) is 5.92 Å². The molecule has 82 valence electrons. The van der Waals surface area contributed by atoms with E-state index in [4.69, 9.17) is 0 Å². The van der Waals surface area contributed by atoms with Crippen molar-refractivity contribution in [2.24, 2.45) is 5.92 Å². The third kappa shape index (κ3) is 2.12. The third-order valence-corrected chi connectivity index (χ3v) is 3.21. The highest BCUT2D eigenvalue weighted by atomic mass is 16.3. The number of rotatable bonds is 2. The number of hydrogen-bond acceptors (Lipinski definition) is 2. The smallest absolute Gasteiger partial charge is 0.182 e. The minimum atomic E-state index is -0.102. The second-order valence-corrected chi connectivity index (χ2v) is 4.58. The van der Waals surface area contributed by atoms with Crippen molar-refractivity contribution >= 4 is 0 Å². The number of hydrogen-bond donors (Lipinski definition) is 1. The van der Waals surface area contributed by atoms with Crippen molar-refractivity contribution < 1.29 is 5.11 Å². The summed E-state index contributed by atoms with van der Waals surface area (Å²) in [6.45, 7) is 4.85. The molecule has 0 aliphatic heterocycles. The van der Waals surface area contributed by atoms with E-state index < -0.39 is 0 Å². The Morgan fingerprint density at radius 3 is 2.33 bits per heavy atom. The van der Waals surface area contributed by atoms with Crippen molar-refractivity contribution in [2.75, 3.05) is 0 Å². The van der Waals surface area contributed by atoms with Crippen LogP contribution in [-0.2, 0) is 6.54 Å². The number of aliphatic hydroxyl groups is 1. The predicted octanol–water partition coefficient (Wildman–Crippen LogP) is 1.24. The molecule has 0 aromatic carbocycles. The van der Waals surface area contributed by atoms with Crippen molar-refractivity contribution in [2.45, 2.75) is 39.3 Å². The van der Waals surface area contributed by atoms with Gasteiger partial charge in [0.2, 0.25) is 0 Å². The maximum Gasteiger partial charge on any atom is 0.182 e. The summed E-state index contributed by atoms with van der Waals surface area (Å²) in [5.74, 6) is 0.569. The third-order valence-electron chi connectivity index (χ3n) is 3.21. The van der Waals surface area contributed by atoms with Crippen molar-refractivity contribution in [3.63, 3.8) is 0 Å². The molecule has 1 aliphatic rings. The van der Waals surface area contributed by atoms with Gasteiger partial charge < -0.3 is 9.67 Å². The van der Waals surface area contributed by atoms with Gasteiger partial charge in [-0.1, -0.05) is 0 Å². The monoisotopic (exact) mass is 207 g/mol. The molecule has 3 nitrogen and oxygen atoms in total. The van der Waals surface area contributed by atoms with Crippen LogP contribution in [0.3, 0.4) is 0 Å². The highest BCUT2D eigenvalue weighted by molar-refractivity contribution is 5.12. The van der Waals surface area contributed by atoms with Gasteiger partial charge in [-0.05, 0) is 32.6 Å². The quantitative estimate of drug-likeness (QED) is 0.792. The topological polar surface area (TPSA) is 42.2 Å². The highest BCUT2D eigenvalue weighted by Crippen LogP contribution is 2.29. The molecule has 1 aromatic heterocycles. The lowest BCUT2D eigenvalue weighted by Crippen LogP contribution is -2.32. The van der Waals surface area contributed by atoms with Crippen LogP contribution < -0.4 is 5.43 Å². The summed E-state index contributed by atoms with van der Waals surface area (Å²) in [7, 11) is 0. The van der Waals surface area contributed by atoms with E-state index in [0.717, 1.165) is 30.8 Å². The van der Waals surface area contributed by atoms with Gasteiger partial charge in [0.1, 0.15) is 0 Å². The van der Waals surface area contributed by atoms with Gasteiger partial charge >= 0.3 is 0 Å². The van der Waals surface area contributed by atoms with Crippen molar-refractivity contribution in [3.8, 4) is 0 Å². The first kappa shape index (κ1) is 10.4. The lowest BCUT2D eigenvalue weighted by atomic mass is 9.82. The van der Waals surface area contributed by atoms with Crippen LogP contribution in [0, 0.1) is 19.8 Å². The fraction of sp³-hybridized carbons (Fsp3) is 0.583. The second-order valence-electron chi connectivity index (χ2n) is 4.58. The number of aliphatic hydroxyl groups excluding tert-OH is 1. The van der Waals surface area contributed by atoms with Crippen LogP contribution in [0.1, 0.15) is 24.2 Å². The zero-order valence-electron chi connectivity index (χ0n) is 9.23. The Kier molecular flexibility index (Phi) is 2.65. The normalized spacial score (nSPS) is 25.0. The van der Waals surface area contributed by atoms with Crippen LogP contribution in [0.25, 0.3) is 0 Å². The molecule has 2 rings (SSSR count). The maximum absolute atomic E-state index is 11.2. The second kappa shape index (κ2) is 3.81. The molecule has 0 unspecified atom stereocenters. The summed E-state index contributed by atoms with van der Waals surface area (Å²) >= 11 is 0. The molecule has 0 spiro atoms. The molecule has 0 atom stereocenters. The number of aromatic nitrogens is 1. The van der Waals surface area contributed by atoms with E-state index in [-0.39, 0.29) is 11.5 Å². The van der Waals surface area contributed by atoms with Gasteiger partial charge in [0.15, 0.2) is 5.43 Å². The molecule has 3 heteroatoms. The summed E-state index contributed by atoms with van der Waals surface area (Å²) in [6, 6.07) is 3.34. The van der Waals surface area contributed by atoms with Gasteiger partial charge in [0, 0.05) is 30.1 Å². The standard InChI is InChI=1S/C12H17NO2/c1-8-3-11(14)4-9(2)13(8)7-10-5-12(15)6-10/h3-4,10,12,15H,5-7H2,1-2H3. The molecule has 0 amide bonds. The van der Waals surface area contributed by atoms with Crippen molar-refractivity contribution in [1.29, 1.82) is 0 Å². The van der Waals surface area contributed by atoms with Gasteiger partial charge in [-0.15, -0.1) is 0 Å². The SMILES string of the molecule is Cc1cc(=O)cc(C)n1CC1CC(O)C1. The van der Waals surface area contributed by atoms with Crippen LogP contribution in [0.2, 0.25) is 0 Å². The Balaban J connectivity index is 2.17. The van der Waals surface area contributed by atoms with E-state index in [2.05, 4.69) is 4.57 Å². The first-order chi connectivity index (χ1) is 7.06. The van der Waals surface area contributed by atoms with Crippen LogP contribution >= 0.6 is 0 Å². The zero-order valence-corrected chi connectivity index (χ0v) is 9.23. The van der Waals surface area contributed by atoms with E-state index in [1.54, 1.807) is 12.1 Å². The van der Waals surface area contributed by atoms with Crippen LogP contribution in [-0.4, -0.2) is 15.8 Å². The predicted molar refractivity (Wildman–Crippen MR) is 58.9 cm³/mol. The van der Waals surface area contributed by atoms with Crippen LogP contribution in [0.4, 0.5) is 0 Å². The van der Waals surface area contributed by atoms with Gasteiger partial charge in [-0.25, -0.2) is 0 Å². The van der Waals surface area contributed by atoms with Gasteiger partial charge in [-0.3, -0.25) is 4.79 Å². The molecule has 1 aliphatic carbocycles. The largest absolute Gasteiger partial charge is 0.393 e. The molecular weight excluding hydrogens is 190 g/mol. The van der Waals surface area contributed by atoms with E-state index in [9.17, 15) is 9.90 Å². The minimum absolute atomic E-state index is 0.0786. The summed E-state index contributed by atoms with van der Waals surface area (Å²) < 4.78 is 2.16. The Hall–Kier alpha value is -1.09. The Morgan fingerprint density at radius 2 is 1.87 bits per heavy atom. The molecule has 1 fully saturated rings. The Labute approximate surface area is 89.4 Å². The van der Waals surface area contributed by atoms with Gasteiger partial charge in [-0.2, -0.15) is 0 Å². The fourth-order valence-corrected chi connectivity index (χ4v) is 2.28. The number of aryl methyl sites for hydroxylation is 2. The number of nitrogens with zero attached hydrogens (tertiary/aromatic N) is 1. The number of pyridine rings is 1. The van der Waals surface area contributed by atoms with E-state index >= 15 is 0 Å². The molecule has 0 saturated heterocycles. The van der Waals surface area contributed by atoms with Crippen molar-refractivity contribution in [3.05, 3.63) is 33.7 Å². The van der Waals surface area contributed by atoms with Crippen molar-refractivity contribution in [1.82, 2.24) is 4.57 Å². The molecule has 1 heterocycles. The highest BCUT2D eigenvalue weighted by Gasteiger charge is 2.27. The lowest BCUT2D eigenvalue weighted by Gasteiger charge is -2.33. The molecule has 0 radical (unpaired) electrons. The maximum atomic E-state index is 11.2. The fourth-order valence-electron chi connectivity index (χ4n) is 2.28. The summed E-state index contributed by atoms with van der Waals surface area (Å²) in [6.07, 6.45) is 1.69. The lowest BCUT2D eigenvalue weighted by molar-refractivity contribution is 0.0346. The Bertz CT molecular complexity index is 390. The zero-order chi connectivity index (χ0) is 11.0. The summed E-state index contributed by atoms with van der Waals surface area (Å²) in [5, 5.41) is 9.22. The van der Waals surface area contributed by atoms with E-state index in [1.165, 1.54) is 0 Å².